The lowest BCUT2D eigenvalue weighted by Crippen LogP contribution is -2.40. The molecule has 24 heavy (non-hydrogen) atoms. The van der Waals surface area contributed by atoms with Crippen LogP contribution in [0.1, 0.15) is 24.8 Å². The van der Waals surface area contributed by atoms with Gasteiger partial charge in [0.1, 0.15) is 0 Å². The summed E-state index contributed by atoms with van der Waals surface area (Å²) < 4.78 is 1.12. The van der Waals surface area contributed by atoms with Crippen molar-refractivity contribution in [2.75, 3.05) is 39.8 Å². The van der Waals surface area contributed by atoms with Gasteiger partial charge in [-0.3, -0.25) is 4.99 Å². The highest BCUT2D eigenvalue weighted by molar-refractivity contribution is 14.0. The van der Waals surface area contributed by atoms with Crippen molar-refractivity contribution in [2.45, 2.75) is 25.8 Å². The second-order valence-corrected chi connectivity index (χ2v) is 7.55. The van der Waals surface area contributed by atoms with Crippen molar-refractivity contribution >= 4 is 45.9 Å². The maximum absolute atomic E-state index is 4.48. The second kappa shape index (κ2) is 9.97. The van der Waals surface area contributed by atoms with E-state index in [0.717, 1.165) is 36.0 Å². The maximum atomic E-state index is 4.48. The number of hydrogen-bond acceptors (Lipinski definition) is 2. The summed E-state index contributed by atoms with van der Waals surface area (Å²) >= 11 is 3.48. The minimum absolute atomic E-state index is 0. The molecule has 2 aliphatic heterocycles. The van der Waals surface area contributed by atoms with Crippen molar-refractivity contribution in [1.82, 2.24) is 15.1 Å². The third kappa shape index (κ3) is 5.59. The van der Waals surface area contributed by atoms with Crippen LogP contribution in [0.15, 0.2) is 33.7 Å². The van der Waals surface area contributed by atoms with E-state index < -0.39 is 0 Å². The quantitative estimate of drug-likeness (QED) is 0.385. The third-order valence-electron chi connectivity index (χ3n) is 4.88. The molecule has 134 valence electrons. The number of benzene rings is 1. The van der Waals surface area contributed by atoms with Gasteiger partial charge in [0.25, 0.3) is 0 Å². The van der Waals surface area contributed by atoms with Gasteiger partial charge in [-0.25, -0.2) is 0 Å². The number of rotatable bonds is 4. The first kappa shape index (κ1) is 20.0. The predicted molar refractivity (Wildman–Crippen MR) is 115 cm³/mol. The molecule has 0 amide bonds. The molecule has 2 fully saturated rings. The number of halogens is 2. The van der Waals surface area contributed by atoms with Gasteiger partial charge >= 0.3 is 0 Å². The Labute approximate surface area is 171 Å². The Morgan fingerprint density at radius 3 is 2.58 bits per heavy atom. The summed E-state index contributed by atoms with van der Waals surface area (Å²) in [6, 6.07) is 8.46. The van der Waals surface area contributed by atoms with Crippen molar-refractivity contribution in [1.29, 1.82) is 0 Å². The van der Waals surface area contributed by atoms with Crippen LogP contribution in [0, 0.1) is 5.92 Å². The highest BCUT2D eigenvalue weighted by Gasteiger charge is 2.27. The molecule has 1 unspecified atom stereocenters. The molecule has 0 radical (unpaired) electrons. The van der Waals surface area contributed by atoms with Gasteiger partial charge in [0.15, 0.2) is 5.96 Å². The minimum Gasteiger partial charge on any atom is -0.352 e. The first-order valence-electron chi connectivity index (χ1n) is 8.67. The number of nitrogens with one attached hydrogen (secondary N) is 1. The van der Waals surface area contributed by atoms with Crippen LogP contribution in [0.25, 0.3) is 0 Å². The van der Waals surface area contributed by atoms with Gasteiger partial charge in [-0.05, 0) is 56.0 Å². The summed E-state index contributed by atoms with van der Waals surface area (Å²) in [5.74, 6) is 1.83. The normalized spacial score (nSPS) is 21.8. The largest absolute Gasteiger partial charge is 0.352 e. The molecule has 2 heterocycles. The molecular weight excluding hydrogens is 479 g/mol. The van der Waals surface area contributed by atoms with E-state index in [-0.39, 0.29) is 24.0 Å². The monoisotopic (exact) mass is 506 g/mol. The Bertz CT molecular complexity index is 528. The number of guanidine groups is 1. The van der Waals surface area contributed by atoms with Gasteiger partial charge in [-0.1, -0.05) is 28.1 Å². The molecule has 3 rings (SSSR count). The highest BCUT2D eigenvalue weighted by atomic mass is 127. The van der Waals surface area contributed by atoms with Gasteiger partial charge < -0.3 is 15.1 Å². The summed E-state index contributed by atoms with van der Waals surface area (Å²) in [7, 11) is 1.89. The molecule has 0 saturated carbocycles. The van der Waals surface area contributed by atoms with E-state index in [4.69, 9.17) is 0 Å². The topological polar surface area (TPSA) is 30.9 Å². The number of likely N-dealkylation sites (tertiary alicyclic amines) is 2. The fraction of sp³-hybridized carbons (Fsp3) is 0.611. The van der Waals surface area contributed by atoms with E-state index in [9.17, 15) is 0 Å². The molecular formula is C18H28BrIN4. The van der Waals surface area contributed by atoms with Crippen LogP contribution in [0.4, 0.5) is 0 Å². The molecule has 1 aromatic carbocycles. The lowest BCUT2D eigenvalue weighted by Gasteiger charge is -2.23. The molecule has 2 aliphatic rings. The Morgan fingerprint density at radius 2 is 1.92 bits per heavy atom. The fourth-order valence-corrected chi connectivity index (χ4v) is 3.88. The molecule has 6 heteroatoms. The van der Waals surface area contributed by atoms with Crippen molar-refractivity contribution in [3.8, 4) is 0 Å². The Morgan fingerprint density at radius 1 is 1.21 bits per heavy atom. The predicted octanol–water partition coefficient (Wildman–Crippen LogP) is 3.56. The standard InChI is InChI=1S/C18H27BrN4.HI/c1-20-18(21-12-15-4-6-17(19)7-5-15)23-11-8-16(14-23)13-22-9-2-3-10-22;/h4-7,16H,2-3,8-14H2,1H3,(H,20,21);1H. The molecule has 1 N–H and O–H groups in total. The van der Waals surface area contributed by atoms with Crippen molar-refractivity contribution < 1.29 is 0 Å². The van der Waals surface area contributed by atoms with E-state index in [0.29, 0.717) is 0 Å². The first-order chi connectivity index (χ1) is 11.2. The van der Waals surface area contributed by atoms with Gasteiger partial charge in [-0.2, -0.15) is 0 Å². The SMILES string of the molecule is CN=C(NCc1ccc(Br)cc1)N1CCC(CN2CCCC2)C1.I. The molecule has 0 aromatic heterocycles. The van der Waals surface area contributed by atoms with Crippen LogP contribution in [0.2, 0.25) is 0 Å². The lowest BCUT2D eigenvalue weighted by atomic mass is 10.1. The van der Waals surface area contributed by atoms with E-state index in [1.807, 2.05) is 7.05 Å². The van der Waals surface area contributed by atoms with Crippen LogP contribution in [-0.4, -0.2) is 55.5 Å². The van der Waals surface area contributed by atoms with Crippen LogP contribution < -0.4 is 5.32 Å². The Kier molecular flexibility index (Phi) is 8.30. The minimum atomic E-state index is 0. The fourth-order valence-electron chi connectivity index (χ4n) is 3.62. The van der Waals surface area contributed by atoms with Crippen LogP contribution in [-0.2, 0) is 6.54 Å². The Balaban J connectivity index is 0.00000208. The zero-order valence-corrected chi connectivity index (χ0v) is 18.3. The first-order valence-corrected chi connectivity index (χ1v) is 9.46. The van der Waals surface area contributed by atoms with Gasteiger partial charge in [0.05, 0.1) is 0 Å². The van der Waals surface area contributed by atoms with Crippen molar-refractivity contribution in [3.63, 3.8) is 0 Å². The van der Waals surface area contributed by atoms with E-state index >= 15 is 0 Å². The van der Waals surface area contributed by atoms with Crippen LogP contribution in [0.5, 0.6) is 0 Å². The summed E-state index contributed by atoms with van der Waals surface area (Å²) in [6.45, 7) is 6.95. The summed E-state index contributed by atoms with van der Waals surface area (Å²) in [4.78, 5) is 9.52. The summed E-state index contributed by atoms with van der Waals surface area (Å²) in [5, 5.41) is 3.51. The Hall–Kier alpha value is -0.340. The van der Waals surface area contributed by atoms with Crippen molar-refractivity contribution in [2.24, 2.45) is 10.9 Å². The van der Waals surface area contributed by atoms with Gasteiger partial charge in [0.2, 0.25) is 0 Å². The van der Waals surface area contributed by atoms with Crippen molar-refractivity contribution in [3.05, 3.63) is 34.3 Å². The van der Waals surface area contributed by atoms with E-state index in [1.165, 1.54) is 44.5 Å². The zero-order chi connectivity index (χ0) is 16.1. The molecule has 0 spiro atoms. The number of hydrogen-bond donors (Lipinski definition) is 1. The average Bonchev–Trinajstić information content (AvgIpc) is 3.23. The lowest BCUT2D eigenvalue weighted by molar-refractivity contribution is 0.281. The van der Waals surface area contributed by atoms with Crippen LogP contribution in [0.3, 0.4) is 0 Å². The molecule has 1 atom stereocenters. The smallest absolute Gasteiger partial charge is 0.193 e. The molecule has 0 bridgehead atoms. The van der Waals surface area contributed by atoms with E-state index in [1.54, 1.807) is 0 Å². The third-order valence-corrected chi connectivity index (χ3v) is 5.40. The molecule has 1 aromatic rings. The average molecular weight is 507 g/mol. The zero-order valence-electron chi connectivity index (χ0n) is 14.4. The van der Waals surface area contributed by atoms with Crippen LogP contribution >= 0.6 is 39.9 Å². The van der Waals surface area contributed by atoms with Gasteiger partial charge in [-0.15, -0.1) is 24.0 Å². The summed E-state index contributed by atoms with van der Waals surface area (Å²) in [5.41, 5.74) is 1.28. The van der Waals surface area contributed by atoms with Gasteiger partial charge in [0, 0.05) is 37.7 Å². The van der Waals surface area contributed by atoms with E-state index in [2.05, 4.69) is 60.3 Å². The molecule has 4 nitrogen and oxygen atoms in total. The number of nitrogens with zero attached hydrogens (tertiary/aromatic N) is 3. The highest BCUT2D eigenvalue weighted by Crippen LogP contribution is 2.20. The number of aliphatic imine (C=N–C) groups is 1. The second-order valence-electron chi connectivity index (χ2n) is 6.64. The summed E-state index contributed by atoms with van der Waals surface area (Å²) in [6.07, 6.45) is 4.05. The molecule has 0 aliphatic carbocycles. The molecule has 2 saturated heterocycles. The maximum Gasteiger partial charge on any atom is 0.193 e.